The maximum atomic E-state index is 3.47. The molecule has 70 valence electrons. The first kappa shape index (κ1) is 11.4. The lowest BCUT2D eigenvalue weighted by Crippen LogP contribution is -3.00. The number of fused-ring (bicyclic) bond motifs is 1. The highest BCUT2D eigenvalue weighted by Crippen LogP contribution is 2.22. The number of nitrogens with zero attached hydrogens (tertiary/aromatic N) is 1. The number of aryl methyl sites for hydroxylation is 2. The number of benzene rings is 1. The zero-order chi connectivity index (χ0) is 8.72. The summed E-state index contributed by atoms with van der Waals surface area (Å²) < 4.78 is 4.70. The predicted octanol–water partition coefficient (Wildman–Crippen LogP) is -0.199. The topological polar surface area (TPSA) is 3.88 Å². The molecule has 4 heteroatoms. The van der Waals surface area contributed by atoms with Crippen LogP contribution in [0.25, 0.3) is 10.2 Å². The van der Waals surface area contributed by atoms with Crippen molar-refractivity contribution in [1.82, 2.24) is 0 Å². The van der Waals surface area contributed by atoms with E-state index >= 15 is 0 Å². The number of hydrogen-bond donors (Lipinski definition) is 0. The number of hydrogen-bond acceptors (Lipinski definition) is 1. The van der Waals surface area contributed by atoms with Gasteiger partial charge in [-0.1, -0.05) is 27.3 Å². The largest absolute Gasteiger partial charge is 1.00 e. The normalized spacial score (nSPS) is 10.1. The molecule has 13 heavy (non-hydrogen) atoms. The molecule has 0 fully saturated rings. The molecule has 0 unspecified atom stereocenters. The molecular weight excluding hydrogens is 361 g/mol. The summed E-state index contributed by atoms with van der Waals surface area (Å²) in [5.41, 5.74) is 1.30. The molecule has 0 saturated carbocycles. The molecule has 1 heterocycles. The first-order valence-corrected chi connectivity index (χ1v) is 5.34. The van der Waals surface area contributed by atoms with Gasteiger partial charge in [0.1, 0.15) is 11.7 Å². The zero-order valence-corrected chi connectivity index (χ0v) is 11.9. The summed E-state index contributed by atoms with van der Waals surface area (Å²) in [7, 11) is 2.10. The quantitative estimate of drug-likeness (QED) is 0.447. The molecule has 1 aromatic carbocycles. The van der Waals surface area contributed by atoms with Crippen molar-refractivity contribution in [3.05, 3.63) is 27.7 Å². The molecular formula is C9H9BrINS. The number of thiazole rings is 1. The van der Waals surface area contributed by atoms with Gasteiger partial charge in [-0.2, -0.15) is 4.57 Å². The predicted molar refractivity (Wildman–Crippen MR) is 55.4 cm³/mol. The zero-order valence-electron chi connectivity index (χ0n) is 7.34. The summed E-state index contributed by atoms with van der Waals surface area (Å²) in [4.78, 5) is 0. The molecule has 0 amide bonds. The molecule has 0 aliphatic carbocycles. The molecule has 0 radical (unpaired) electrons. The second-order valence-electron chi connectivity index (χ2n) is 2.79. The molecule has 1 aromatic heterocycles. The number of halogens is 2. The SMILES string of the molecule is Cc1sc2ccc(Br)cc2[n+]1C.[I-]. The Morgan fingerprint density at radius 3 is 2.77 bits per heavy atom. The lowest BCUT2D eigenvalue weighted by atomic mass is 10.3. The summed E-state index contributed by atoms with van der Waals surface area (Å²) in [5.74, 6) is 0. The minimum Gasteiger partial charge on any atom is -1.00 e. The molecule has 0 spiro atoms. The molecule has 0 bridgehead atoms. The van der Waals surface area contributed by atoms with Crippen LogP contribution in [-0.2, 0) is 7.05 Å². The van der Waals surface area contributed by atoms with Crippen molar-refractivity contribution < 1.29 is 28.5 Å². The van der Waals surface area contributed by atoms with Gasteiger partial charge in [-0.3, -0.25) is 0 Å². The first-order chi connectivity index (χ1) is 5.68. The van der Waals surface area contributed by atoms with Gasteiger partial charge in [0.05, 0.1) is 0 Å². The molecule has 0 aliphatic rings. The third-order valence-corrected chi connectivity index (χ3v) is 3.64. The lowest BCUT2D eigenvalue weighted by Gasteiger charge is -1.87. The van der Waals surface area contributed by atoms with Crippen LogP contribution in [0.2, 0.25) is 0 Å². The number of rotatable bonds is 0. The van der Waals surface area contributed by atoms with Gasteiger partial charge >= 0.3 is 0 Å². The van der Waals surface area contributed by atoms with Crippen molar-refractivity contribution in [2.24, 2.45) is 7.05 Å². The molecule has 0 atom stereocenters. The molecule has 0 aliphatic heterocycles. The second kappa shape index (κ2) is 4.23. The fourth-order valence-corrected chi connectivity index (χ4v) is 2.58. The second-order valence-corrected chi connectivity index (χ2v) is 4.94. The maximum absolute atomic E-state index is 3.47. The van der Waals surface area contributed by atoms with Crippen LogP contribution in [-0.4, -0.2) is 0 Å². The van der Waals surface area contributed by atoms with E-state index in [0.717, 1.165) is 4.47 Å². The van der Waals surface area contributed by atoms with Crippen LogP contribution in [0, 0.1) is 6.92 Å². The van der Waals surface area contributed by atoms with Crippen LogP contribution in [0.15, 0.2) is 22.7 Å². The van der Waals surface area contributed by atoms with E-state index in [1.165, 1.54) is 15.2 Å². The van der Waals surface area contributed by atoms with Gasteiger partial charge in [-0.15, -0.1) is 0 Å². The minimum absolute atomic E-state index is 0. The Labute approximate surface area is 107 Å². The van der Waals surface area contributed by atoms with Crippen LogP contribution >= 0.6 is 27.3 Å². The summed E-state index contributed by atoms with van der Waals surface area (Å²) in [5, 5.41) is 1.34. The van der Waals surface area contributed by atoms with E-state index in [-0.39, 0.29) is 24.0 Å². The Kier molecular flexibility index (Phi) is 3.71. The highest BCUT2D eigenvalue weighted by Gasteiger charge is 2.11. The third kappa shape index (κ3) is 2.05. The van der Waals surface area contributed by atoms with Crippen molar-refractivity contribution in [2.75, 3.05) is 0 Å². The van der Waals surface area contributed by atoms with E-state index in [9.17, 15) is 0 Å². The van der Waals surface area contributed by atoms with Crippen molar-refractivity contribution in [3.63, 3.8) is 0 Å². The van der Waals surface area contributed by atoms with E-state index in [1.807, 2.05) is 11.3 Å². The summed E-state index contributed by atoms with van der Waals surface area (Å²) in [6.07, 6.45) is 0. The fraction of sp³-hybridized carbons (Fsp3) is 0.222. The van der Waals surface area contributed by atoms with Crippen LogP contribution in [0.3, 0.4) is 0 Å². The molecule has 1 nitrogen and oxygen atoms in total. The summed E-state index contributed by atoms with van der Waals surface area (Å²) in [6, 6.07) is 6.38. The van der Waals surface area contributed by atoms with Gasteiger partial charge in [0.15, 0.2) is 0 Å². The Bertz CT molecular complexity index is 438. The van der Waals surface area contributed by atoms with Gasteiger partial charge < -0.3 is 24.0 Å². The Morgan fingerprint density at radius 2 is 2.08 bits per heavy atom. The smallest absolute Gasteiger partial charge is 0.234 e. The van der Waals surface area contributed by atoms with E-state index < -0.39 is 0 Å². The van der Waals surface area contributed by atoms with Crippen molar-refractivity contribution in [3.8, 4) is 0 Å². The fourth-order valence-electron chi connectivity index (χ4n) is 1.24. The van der Waals surface area contributed by atoms with Crippen molar-refractivity contribution in [1.29, 1.82) is 0 Å². The van der Waals surface area contributed by atoms with Crippen LogP contribution in [0.1, 0.15) is 5.01 Å². The van der Waals surface area contributed by atoms with Gasteiger partial charge in [-0.25, -0.2) is 0 Å². The first-order valence-electron chi connectivity index (χ1n) is 3.73. The van der Waals surface area contributed by atoms with Crippen molar-refractivity contribution in [2.45, 2.75) is 6.92 Å². The highest BCUT2D eigenvalue weighted by molar-refractivity contribution is 9.10. The van der Waals surface area contributed by atoms with Gasteiger partial charge in [0.2, 0.25) is 10.5 Å². The summed E-state index contributed by atoms with van der Waals surface area (Å²) >= 11 is 5.30. The molecule has 0 saturated heterocycles. The maximum Gasteiger partial charge on any atom is 0.234 e. The molecule has 0 N–H and O–H groups in total. The van der Waals surface area contributed by atoms with Crippen LogP contribution in [0.4, 0.5) is 0 Å². The Balaban J connectivity index is 0.000000845. The average molecular weight is 370 g/mol. The molecule has 2 aromatic rings. The monoisotopic (exact) mass is 369 g/mol. The lowest BCUT2D eigenvalue weighted by molar-refractivity contribution is -0.646. The van der Waals surface area contributed by atoms with E-state index in [1.54, 1.807) is 0 Å². The highest BCUT2D eigenvalue weighted by atomic mass is 127. The van der Waals surface area contributed by atoms with Gasteiger partial charge in [-0.05, 0) is 12.1 Å². The Morgan fingerprint density at radius 1 is 1.38 bits per heavy atom. The van der Waals surface area contributed by atoms with E-state index in [0.29, 0.717) is 0 Å². The number of aromatic nitrogens is 1. The molecule has 2 rings (SSSR count). The van der Waals surface area contributed by atoms with Crippen LogP contribution in [0.5, 0.6) is 0 Å². The van der Waals surface area contributed by atoms with Gasteiger partial charge in [0.25, 0.3) is 0 Å². The summed E-state index contributed by atoms with van der Waals surface area (Å²) in [6.45, 7) is 2.14. The van der Waals surface area contributed by atoms with E-state index in [4.69, 9.17) is 0 Å². The third-order valence-electron chi connectivity index (χ3n) is 2.01. The Hall–Kier alpha value is 0.320. The van der Waals surface area contributed by atoms with E-state index in [2.05, 4.69) is 52.7 Å². The van der Waals surface area contributed by atoms with Crippen LogP contribution < -0.4 is 28.5 Å². The van der Waals surface area contributed by atoms with Gasteiger partial charge in [0, 0.05) is 17.5 Å². The standard InChI is InChI=1S/C9H9BrNS.HI/c1-6-11(2)8-5-7(10)3-4-9(8)12-6;/h3-5H,1-2H3;1H/q+1;/p-1. The minimum atomic E-state index is 0. The average Bonchev–Trinajstić information content (AvgIpc) is 2.31. The van der Waals surface area contributed by atoms with Crippen molar-refractivity contribution >= 4 is 37.5 Å².